The Bertz CT molecular complexity index is 1020. The lowest BCUT2D eigenvalue weighted by Crippen LogP contribution is -2.33. The second-order valence-electron chi connectivity index (χ2n) is 7.04. The topological polar surface area (TPSA) is 68.5 Å². The molecule has 4 rings (SSSR count). The van der Waals surface area contributed by atoms with Gasteiger partial charge in [0.2, 0.25) is 0 Å². The first-order valence-electron chi connectivity index (χ1n) is 9.11. The van der Waals surface area contributed by atoms with E-state index < -0.39 is 5.63 Å². The Morgan fingerprint density at radius 2 is 1.89 bits per heavy atom. The highest BCUT2D eigenvalue weighted by molar-refractivity contribution is 5.79. The fourth-order valence-corrected chi connectivity index (χ4v) is 3.17. The molecule has 1 saturated carbocycles. The first kappa shape index (κ1) is 17.3. The zero-order valence-corrected chi connectivity index (χ0v) is 15.1. The van der Waals surface area contributed by atoms with Gasteiger partial charge >= 0.3 is 5.63 Å². The first-order valence-corrected chi connectivity index (χ1v) is 9.11. The second-order valence-corrected chi connectivity index (χ2v) is 7.04. The van der Waals surface area contributed by atoms with E-state index in [1.54, 1.807) is 24.3 Å². The largest absolute Gasteiger partial charge is 0.484 e. The van der Waals surface area contributed by atoms with E-state index in [0.29, 0.717) is 17.3 Å². The maximum atomic E-state index is 12.4. The van der Waals surface area contributed by atoms with Crippen LogP contribution >= 0.6 is 0 Å². The fourth-order valence-electron chi connectivity index (χ4n) is 3.17. The van der Waals surface area contributed by atoms with Crippen molar-refractivity contribution in [3.63, 3.8) is 0 Å². The van der Waals surface area contributed by atoms with Crippen LogP contribution in [0.15, 0.2) is 63.8 Å². The van der Waals surface area contributed by atoms with E-state index in [1.165, 1.54) is 11.6 Å². The third kappa shape index (κ3) is 4.19. The van der Waals surface area contributed by atoms with Gasteiger partial charge < -0.3 is 14.5 Å². The van der Waals surface area contributed by atoms with Gasteiger partial charge in [0.25, 0.3) is 5.91 Å². The van der Waals surface area contributed by atoms with Gasteiger partial charge in [0.15, 0.2) is 6.61 Å². The Balaban J connectivity index is 1.41. The third-order valence-corrected chi connectivity index (χ3v) is 4.81. The summed E-state index contributed by atoms with van der Waals surface area (Å²) >= 11 is 0. The lowest BCUT2D eigenvalue weighted by atomic mass is 10.0. The molecule has 1 heterocycles. The highest BCUT2D eigenvalue weighted by atomic mass is 16.5. The van der Waals surface area contributed by atoms with Gasteiger partial charge in [-0.15, -0.1) is 0 Å². The van der Waals surface area contributed by atoms with Crippen molar-refractivity contribution in [2.24, 2.45) is 5.92 Å². The van der Waals surface area contributed by atoms with Gasteiger partial charge in [-0.2, -0.15) is 0 Å². The monoisotopic (exact) mass is 363 g/mol. The van der Waals surface area contributed by atoms with Gasteiger partial charge in [-0.05, 0) is 49.4 Å². The molecule has 3 aromatic rings. The van der Waals surface area contributed by atoms with E-state index in [1.807, 2.05) is 6.92 Å². The van der Waals surface area contributed by atoms with Gasteiger partial charge in [0.1, 0.15) is 11.3 Å². The number of ether oxygens (including phenoxy) is 1. The standard InChI is InChI=1S/C22H21NO4/c1-14-2-4-16(5-3-14)22(17-6-7-17)23-20(24)13-26-18-10-8-15-9-11-21(25)27-19(15)12-18/h2-5,8-12,17,22H,6-7,13H2,1H3,(H,23,24). The number of aryl methyl sites for hydroxylation is 1. The fraction of sp³-hybridized carbons (Fsp3) is 0.273. The zero-order chi connectivity index (χ0) is 18.8. The Kier molecular flexibility index (Phi) is 4.67. The van der Waals surface area contributed by atoms with Crippen molar-refractivity contribution in [2.75, 3.05) is 6.61 Å². The van der Waals surface area contributed by atoms with Crippen molar-refractivity contribution in [1.29, 1.82) is 0 Å². The zero-order valence-electron chi connectivity index (χ0n) is 15.1. The normalized spacial score (nSPS) is 14.7. The molecule has 0 radical (unpaired) electrons. The van der Waals surface area contributed by atoms with Crippen LogP contribution in [-0.2, 0) is 4.79 Å². The van der Waals surface area contributed by atoms with Crippen molar-refractivity contribution in [1.82, 2.24) is 5.32 Å². The molecule has 138 valence electrons. The van der Waals surface area contributed by atoms with Crippen LogP contribution in [-0.4, -0.2) is 12.5 Å². The SMILES string of the molecule is Cc1ccc(C(NC(=O)COc2ccc3ccc(=O)oc3c2)C2CC2)cc1. The van der Waals surface area contributed by atoms with Crippen molar-refractivity contribution in [3.8, 4) is 5.75 Å². The van der Waals surface area contributed by atoms with Gasteiger partial charge in [0.05, 0.1) is 6.04 Å². The molecule has 2 aromatic carbocycles. The van der Waals surface area contributed by atoms with Crippen molar-refractivity contribution >= 4 is 16.9 Å². The third-order valence-electron chi connectivity index (χ3n) is 4.81. The Morgan fingerprint density at radius 1 is 1.15 bits per heavy atom. The summed E-state index contributed by atoms with van der Waals surface area (Å²) in [5.74, 6) is 0.819. The van der Waals surface area contributed by atoms with Crippen molar-refractivity contribution in [2.45, 2.75) is 25.8 Å². The van der Waals surface area contributed by atoms with Gasteiger partial charge in [-0.1, -0.05) is 29.8 Å². The van der Waals surface area contributed by atoms with Crippen LogP contribution in [0, 0.1) is 12.8 Å². The number of amides is 1. The summed E-state index contributed by atoms with van der Waals surface area (Å²) in [5, 5.41) is 3.90. The molecule has 0 saturated heterocycles. The van der Waals surface area contributed by atoms with Crippen molar-refractivity contribution in [3.05, 3.63) is 76.1 Å². The number of carbonyl (C=O) groups excluding carboxylic acids is 1. The average Bonchev–Trinajstić information content (AvgIpc) is 3.50. The first-order chi connectivity index (χ1) is 13.1. The van der Waals surface area contributed by atoms with E-state index in [4.69, 9.17) is 9.15 Å². The summed E-state index contributed by atoms with van der Waals surface area (Å²) in [6.07, 6.45) is 2.26. The van der Waals surface area contributed by atoms with Crippen LogP contribution in [0.4, 0.5) is 0 Å². The number of carbonyl (C=O) groups is 1. The average molecular weight is 363 g/mol. The van der Waals surface area contributed by atoms with Crippen molar-refractivity contribution < 1.29 is 13.9 Å². The van der Waals surface area contributed by atoms with E-state index in [9.17, 15) is 9.59 Å². The van der Waals surface area contributed by atoms with Crippen LogP contribution < -0.4 is 15.7 Å². The quantitative estimate of drug-likeness (QED) is 0.677. The second kappa shape index (κ2) is 7.27. The van der Waals surface area contributed by atoms with Crippen LogP contribution in [0.25, 0.3) is 11.0 Å². The number of fused-ring (bicyclic) bond motifs is 1. The molecule has 1 aliphatic rings. The molecule has 1 aliphatic carbocycles. The van der Waals surface area contributed by atoms with Gasteiger partial charge in [-0.3, -0.25) is 4.79 Å². The number of hydrogen-bond acceptors (Lipinski definition) is 4. The molecule has 1 unspecified atom stereocenters. The molecule has 0 spiro atoms. The lowest BCUT2D eigenvalue weighted by Gasteiger charge is -2.19. The van der Waals surface area contributed by atoms with Crippen LogP contribution in [0.5, 0.6) is 5.75 Å². The van der Waals surface area contributed by atoms with Crippen LogP contribution in [0.2, 0.25) is 0 Å². The molecule has 5 heteroatoms. The lowest BCUT2D eigenvalue weighted by molar-refractivity contribution is -0.124. The summed E-state index contributed by atoms with van der Waals surface area (Å²) in [5.41, 5.74) is 2.36. The number of rotatable bonds is 6. The molecule has 0 bridgehead atoms. The highest BCUT2D eigenvalue weighted by Crippen LogP contribution is 2.41. The molecule has 1 fully saturated rings. The molecule has 5 nitrogen and oxygen atoms in total. The number of benzene rings is 2. The summed E-state index contributed by atoms with van der Waals surface area (Å²) in [4.78, 5) is 23.7. The Labute approximate surface area is 157 Å². The maximum absolute atomic E-state index is 12.4. The van der Waals surface area contributed by atoms with E-state index in [-0.39, 0.29) is 18.6 Å². The highest BCUT2D eigenvalue weighted by Gasteiger charge is 2.33. The molecule has 1 N–H and O–H groups in total. The van der Waals surface area contributed by atoms with Gasteiger partial charge in [-0.25, -0.2) is 4.79 Å². The minimum absolute atomic E-state index is 0.0244. The minimum atomic E-state index is -0.414. The molecular formula is C22H21NO4. The molecule has 1 amide bonds. The molecule has 1 aromatic heterocycles. The molecular weight excluding hydrogens is 342 g/mol. The van der Waals surface area contributed by atoms with Crippen LogP contribution in [0.3, 0.4) is 0 Å². The van der Waals surface area contributed by atoms with E-state index in [2.05, 4.69) is 29.6 Å². The van der Waals surface area contributed by atoms with Gasteiger partial charge in [0, 0.05) is 17.5 Å². The molecule has 0 aliphatic heterocycles. The molecule has 1 atom stereocenters. The number of nitrogens with one attached hydrogen (secondary N) is 1. The maximum Gasteiger partial charge on any atom is 0.336 e. The smallest absolute Gasteiger partial charge is 0.336 e. The number of hydrogen-bond donors (Lipinski definition) is 1. The van der Waals surface area contributed by atoms with E-state index in [0.717, 1.165) is 23.8 Å². The Hall–Kier alpha value is -3.08. The predicted molar refractivity (Wildman–Crippen MR) is 103 cm³/mol. The minimum Gasteiger partial charge on any atom is -0.484 e. The Morgan fingerprint density at radius 3 is 2.63 bits per heavy atom. The summed E-state index contributed by atoms with van der Waals surface area (Å²) in [6.45, 7) is 1.96. The summed E-state index contributed by atoms with van der Waals surface area (Å²) in [7, 11) is 0. The summed E-state index contributed by atoms with van der Waals surface area (Å²) in [6, 6.07) is 16.6. The predicted octanol–water partition coefficient (Wildman–Crippen LogP) is 3.75. The molecule has 27 heavy (non-hydrogen) atoms. The van der Waals surface area contributed by atoms with E-state index >= 15 is 0 Å². The van der Waals surface area contributed by atoms with Crippen LogP contribution in [0.1, 0.15) is 30.0 Å². The summed E-state index contributed by atoms with van der Waals surface area (Å²) < 4.78 is 10.7.